The Morgan fingerprint density at radius 1 is 1.23 bits per heavy atom. The number of methoxy groups -OCH3 is 1. The molecule has 7 heteroatoms. The first-order valence-corrected chi connectivity index (χ1v) is 8.65. The number of hydrogen-bond acceptors (Lipinski definition) is 5. The minimum absolute atomic E-state index is 0.00240. The summed E-state index contributed by atoms with van der Waals surface area (Å²) in [5.41, 5.74) is 2.37. The smallest absolute Gasteiger partial charge is 0.255 e. The van der Waals surface area contributed by atoms with Gasteiger partial charge in [-0.25, -0.2) is 0 Å². The Labute approximate surface area is 151 Å². The molecule has 3 heterocycles. The number of carbonyl (C=O) groups is 1. The predicted octanol–water partition coefficient (Wildman–Crippen LogP) is 1.83. The number of nitrogens with zero attached hydrogens (tertiary/aromatic N) is 4. The van der Waals surface area contributed by atoms with Crippen LogP contribution < -0.4 is 10.1 Å². The second-order valence-electron chi connectivity index (χ2n) is 6.35. The van der Waals surface area contributed by atoms with E-state index in [2.05, 4.69) is 15.5 Å². The number of amides is 1. The lowest BCUT2D eigenvalue weighted by atomic mass is 10.0. The van der Waals surface area contributed by atoms with E-state index in [-0.39, 0.29) is 11.9 Å². The number of para-hydroxylation sites is 1. The van der Waals surface area contributed by atoms with Gasteiger partial charge in [-0.05, 0) is 25.1 Å². The second kappa shape index (κ2) is 6.76. The zero-order valence-corrected chi connectivity index (χ0v) is 14.8. The lowest BCUT2D eigenvalue weighted by molar-refractivity contribution is 0.0631. The Hall–Kier alpha value is -2.93. The van der Waals surface area contributed by atoms with Crippen LogP contribution in [0.15, 0.2) is 42.6 Å². The summed E-state index contributed by atoms with van der Waals surface area (Å²) in [4.78, 5) is 15.2. The number of hydrogen-bond donors (Lipinski definition) is 1. The standard InChI is InChI=1S/C19H21N5O2/c1-13-21-22-18-8-7-14(12-24(13)18)19(25)23-10-9-20-11-16(23)15-5-3-4-6-17(15)26-2/h3-8,12,16,20H,9-11H2,1-2H3. The second-order valence-corrected chi connectivity index (χ2v) is 6.35. The van der Waals surface area contributed by atoms with Crippen molar-refractivity contribution in [1.82, 2.24) is 24.8 Å². The monoisotopic (exact) mass is 351 g/mol. The third-order valence-corrected chi connectivity index (χ3v) is 4.82. The molecule has 26 heavy (non-hydrogen) atoms. The van der Waals surface area contributed by atoms with Gasteiger partial charge in [0.2, 0.25) is 0 Å². The summed E-state index contributed by atoms with van der Waals surface area (Å²) < 4.78 is 7.35. The van der Waals surface area contributed by atoms with E-state index in [9.17, 15) is 4.79 Å². The van der Waals surface area contributed by atoms with Crippen LogP contribution in [0, 0.1) is 6.92 Å². The number of ether oxygens (including phenoxy) is 1. The molecule has 0 aliphatic carbocycles. The molecule has 1 N–H and O–H groups in total. The number of pyridine rings is 1. The molecule has 0 saturated carbocycles. The number of fused-ring (bicyclic) bond motifs is 1. The van der Waals surface area contributed by atoms with Crippen LogP contribution in [0.1, 0.15) is 27.8 Å². The van der Waals surface area contributed by atoms with Crippen LogP contribution in [0.2, 0.25) is 0 Å². The molecule has 1 aliphatic rings. The van der Waals surface area contributed by atoms with Crippen LogP contribution in [0.5, 0.6) is 5.75 Å². The molecule has 4 rings (SSSR count). The number of nitrogens with one attached hydrogen (secondary N) is 1. The molecule has 0 bridgehead atoms. The highest BCUT2D eigenvalue weighted by Crippen LogP contribution is 2.31. The molecule has 1 fully saturated rings. The highest BCUT2D eigenvalue weighted by molar-refractivity contribution is 5.94. The van der Waals surface area contributed by atoms with E-state index in [1.165, 1.54) is 0 Å². The highest BCUT2D eigenvalue weighted by Gasteiger charge is 2.30. The summed E-state index contributed by atoms with van der Waals surface area (Å²) >= 11 is 0. The predicted molar refractivity (Wildman–Crippen MR) is 97.4 cm³/mol. The van der Waals surface area contributed by atoms with E-state index in [0.717, 1.165) is 29.3 Å². The molecule has 1 saturated heterocycles. The largest absolute Gasteiger partial charge is 0.496 e. The molecule has 1 atom stereocenters. The summed E-state index contributed by atoms with van der Waals surface area (Å²) in [6, 6.07) is 11.4. The third kappa shape index (κ3) is 2.80. The molecule has 134 valence electrons. The summed E-state index contributed by atoms with van der Waals surface area (Å²) in [6.07, 6.45) is 1.81. The number of benzene rings is 1. The van der Waals surface area contributed by atoms with Gasteiger partial charge in [-0.1, -0.05) is 18.2 Å². The van der Waals surface area contributed by atoms with Gasteiger partial charge in [0.1, 0.15) is 11.6 Å². The minimum atomic E-state index is -0.0786. The summed E-state index contributed by atoms with van der Waals surface area (Å²) in [5.74, 6) is 1.55. The Morgan fingerprint density at radius 2 is 2.08 bits per heavy atom. The van der Waals surface area contributed by atoms with E-state index < -0.39 is 0 Å². The van der Waals surface area contributed by atoms with Crippen molar-refractivity contribution in [2.24, 2.45) is 0 Å². The van der Waals surface area contributed by atoms with Gasteiger partial charge in [0, 0.05) is 31.4 Å². The van der Waals surface area contributed by atoms with Crippen molar-refractivity contribution < 1.29 is 9.53 Å². The lowest BCUT2D eigenvalue weighted by Crippen LogP contribution is -2.48. The average Bonchev–Trinajstić information content (AvgIpc) is 3.07. The lowest BCUT2D eigenvalue weighted by Gasteiger charge is -2.37. The Bertz CT molecular complexity index is 952. The van der Waals surface area contributed by atoms with Crippen LogP contribution >= 0.6 is 0 Å². The van der Waals surface area contributed by atoms with E-state index in [4.69, 9.17) is 4.74 Å². The van der Waals surface area contributed by atoms with Crippen molar-refractivity contribution in [2.45, 2.75) is 13.0 Å². The van der Waals surface area contributed by atoms with Gasteiger partial charge >= 0.3 is 0 Å². The normalized spacial score (nSPS) is 17.5. The van der Waals surface area contributed by atoms with Crippen molar-refractivity contribution in [2.75, 3.05) is 26.7 Å². The summed E-state index contributed by atoms with van der Waals surface area (Å²) in [6.45, 7) is 3.97. The maximum Gasteiger partial charge on any atom is 0.255 e. The van der Waals surface area contributed by atoms with E-state index >= 15 is 0 Å². The van der Waals surface area contributed by atoms with Crippen molar-refractivity contribution in [3.63, 3.8) is 0 Å². The molecular weight excluding hydrogens is 330 g/mol. The van der Waals surface area contributed by atoms with Crippen molar-refractivity contribution >= 4 is 11.6 Å². The molecule has 1 unspecified atom stereocenters. The number of rotatable bonds is 3. The first kappa shape index (κ1) is 16.5. The first-order valence-electron chi connectivity index (χ1n) is 8.65. The van der Waals surface area contributed by atoms with Crippen LogP contribution in [0.25, 0.3) is 5.65 Å². The molecule has 7 nitrogen and oxygen atoms in total. The van der Waals surface area contributed by atoms with Gasteiger partial charge in [-0.3, -0.25) is 9.20 Å². The van der Waals surface area contributed by atoms with Crippen LogP contribution in [-0.4, -0.2) is 52.1 Å². The summed E-state index contributed by atoms with van der Waals surface area (Å²) in [5, 5.41) is 11.5. The minimum Gasteiger partial charge on any atom is -0.496 e. The molecule has 1 amide bonds. The zero-order valence-electron chi connectivity index (χ0n) is 14.8. The number of piperazine rings is 1. The van der Waals surface area contributed by atoms with E-state index in [1.807, 2.05) is 58.8 Å². The first-order chi connectivity index (χ1) is 12.7. The van der Waals surface area contributed by atoms with Gasteiger partial charge in [-0.15, -0.1) is 10.2 Å². The Balaban J connectivity index is 1.70. The third-order valence-electron chi connectivity index (χ3n) is 4.82. The maximum atomic E-state index is 13.3. The molecule has 1 aliphatic heterocycles. The number of carbonyl (C=O) groups excluding carboxylic acids is 1. The SMILES string of the molecule is COc1ccccc1C1CNCCN1C(=O)c1ccc2nnc(C)n2c1. The average molecular weight is 351 g/mol. The van der Waals surface area contributed by atoms with E-state index in [1.54, 1.807) is 7.11 Å². The number of aryl methyl sites for hydroxylation is 1. The molecule has 2 aromatic heterocycles. The van der Waals surface area contributed by atoms with Gasteiger partial charge in [0.15, 0.2) is 5.65 Å². The molecule has 0 radical (unpaired) electrons. The fourth-order valence-corrected chi connectivity index (χ4v) is 3.46. The van der Waals surface area contributed by atoms with Gasteiger partial charge in [0.05, 0.1) is 18.7 Å². The Morgan fingerprint density at radius 3 is 2.92 bits per heavy atom. The fourth-order valence-electron chi connectivity index (χ4n) is 3.46. The Kier molecular flexibility index (Phi) is 4.30. The van der Waals surface area contributed by atoms with Crippen LogP contribution in [0.3, 0.4) is 0 Å². The van der Waals surface area contributed by atoms with Crippen molar-refractivity contribution in [1.29, 1.82) is 0 Å². The zero-order chi connectivity index (χ0) is 18.1. The summed E-state index contributed by atoms with van der Waals surface area (Å²) in [7, 11) is 1.66. The van der Waals surface area contributed by atoms with E-state index in [0.29, 0.717) is 18.7 Å². The highest BCUT2D eigenvalue weighted by atomic mass is 16.5. The van der Waals surface area contributed by atoms with Crippen LogP contribution in [-0.2, 0) is 0 Å². The topological polar surface area (TPSA) is 71.8 Å². The molecule has 1 aromatic carbocycles. The van der Waals surface area contributed by atoms with Gasteiger partial charge in [-0.2, -0.15) is 0 Å². The fraction of sp³-hybridized carbons (Fsp3) is 0.316. The maximum absolute atomic E-state index is 13.3. The van der Waals surface area contributed by atoms with Crippen LogP contribution in [0.4, 0.5) is 0 Å². The molecular formula is C19H21N5O2. The molecule has 0 spiro atoms. The molecule has 3 aromatic rings. The number of aromatic nitrogens is 3. The quantitative estimate of drug-likeness (QED) is 0.779. The van der Waals surface area contributed by atoms with Gasteiger partial charge in [0.25, 0.3) is 5.91 Å². The van der Waals surface area contributed by atoms with Gasteiger partial charge < -0.3 is 15.0 Å². The van der Waals surface area contributed by atoms with Crippen molar-refractivity contribution in [3.8, 4) is 5.75 Å². The van der Waals surface area contributed by atoms with Crippen molar-refractivity contribution in [3.05, 3.63) is 59.5 Å².